The van der Waals surface area contributed by atoms with Crippen LogP contribution in [0.1, 0.15) is 178 Å². The highest BCUT2D eigenvalue weighted by Gasteiger charge is 2.13. The Bertz CT molecular complexity index is 1240. The molecule has 3 heteroatoms. The van der Waals surface area contributed by atoms with E-state index in [9.17, 15) is 0 Å². The summed E-state index contributed by atoms with van der Waals surface area (Å²) in [6.45, 7) is 13.4. The second-order valence-electron chi connectivity index (χ2n) is 13.9. The summed E-state index contributed by atoms with van der Waals surface area (Å²) in [5.74, 6) is 0. The van der Waals surface area contributed by atoms with Crippen molar-refractivity contribution in [1.29, 1.82) is 0 Å². The van der Waals surface area contributed by atoms with Crippen LogP contribution in [0.2, 0.25) is 0 Å². The number of aliphatic imine (C=N–C) groups is 2. The van der Waals surface area contributed by atoms with Gasteiger partial charge in [0, 0.05) is 0 Å². The van der Waals surface area contributed by atoms with Gasteiger partial charge in [-0.15, -0.1) is 0 Å². The standard InChI is InChI=1S/C45H67N3/c1-7-11-15-19-26-38-30-23-31-39(27-20-16-12-8-2)44(38)46-36(5)42-34-25-35-43(48-42)37(6)47-45-40(28-21-17-13-9-3)32-24-33-41(45)29-22-18-14-10-4/h23-25,30-35H,7-22,26-29H2,1-6H3. The highest BCUT2D eigenvalue weighted by Crippen LogP contribution is 2.31. The van der Waals surface area contributed by atoms with Crippen LogP contribution in [0.4, 0.5) is 11.4 Å². The number of benzene rings is 2. The summed E-state index contributed by atoms with van der Waals surface area (Å²) in [4.78, 5) is 15.9. The number of aryl methyl sites for hydroxylation is 4. The van der Waals surface area contributed by atoms with Crippen molar-refractivity contribution >= 4 is 22.8 Å². The summed E-state index contributed by atoms with van der Waals surface area (Å²) in [6.07, 6.45) is 24.6. The van der Waals surface area contributed by atoms with Gasteiger partial charge in [-0.2, -0.15) is 0 Å². The Morgan fingerprint density at radius 2 is 0.708 bits per heavy atom. The molecular formula is C45H67N3. The molecule has 2 aromatic carbocycles. The number of hydrogen-bond donors (Lipinski definition) is 0. The van der Waals surface area contributed by atoms with E-state index in [0.29, 0.717) is 0 Å². The largest absolute Gasteiger partial charge is 0.251 e. The minimum absolute atomic E-state index is 0.937. The molecule has 0 aliphatic rings. The predicted molar refractivity (Wildman–Crippen MR) is 212 cm³/mol. The van der Waals surface area contributed by atoms with Gasteiger partial charge in [0.1, 0.15) is 0 Å². The number of hydrogen-bond acceptors (Lipinski definition) is 3. The van der Waals surface area contributed by atoms with Crippen LogP contribution >= 0.6 is 0 Å². The fourth-order valence-electron chi connectivity index (χ4n) is 6.64. The van der Waals surface area contributed by atoms with Crippen LogP contribution in [0, 0.1) is 0 Å². The smallest absolute Gasteiger partial charge is 0.0849 e. The third kappa shape index (κ3) is 13.4. The topological polar surface area (TPSA) is 37.6 Å². The van der Waals surface area contributed by atoms with Crippen molar-refractivity contribution in [1.82, 2.24) is 4.98 Å². The van der Waals surface area contributed by atoms with Gasteiger partial charge in [0.25, 0.3) is 0 Å². The number of pyridine rings is 1. The molecule has 1 heterocycles. The molecule has 0 aliphatic carbocycles. The van der Waals surface area contributed by atoms with Crippen LogP contribution in [-0.2, 0) is 25.7 Å². The third-order valence-corrected chi connectivity index (χ3v) is 9.65. The molecule has 0 saturated carbocycles. The first-order chi connectivity index (χ1) is 23.5. The van der Waals surface area contributed by atoms with Crippen molar-refractivity contribution in [3.05, 3.63) is 88.2 Å². The minimum atomic E-state index is 0.937. The van der Waals surface area contributed by atoms with E-state index < -0.39 is 0 Å². The van der Waals surface area contributed by atoms with Crippen LogP contribution in [0.3, 0.4) is 0 Å². The second kappa shape index (κ2) is 23.3. The molecule has 262 valence electrons. The molecule has 3 aromatic rings. The molecule has 0 bridgehead atoms. The molecule has 0 radical (unpaired) electrons. The number of aromatic nitrogens is 1. The maximum atomic E-state index is 5.35. The summed E-state index contributed by atoms with van der Waals surface area (Å²) >= 11 is 0. The molecular weight excluding hydrogens is 583 g/mol. The van der Waals surface area contributed by atoms with Gasteiger partial charge in [0.05, 0.1) is 34.2 Å². The molecule has 48 heavy (non-hydrogen) atoms. The van der Waals surface area contributed by atoms with Crippen LogP contribution in [0.15, 0.2) is 64.6 Å². The van der Waals surface area contributed by atoms with Crippen molar-refractivity contribution in [3.8, 4) is 0 Å². The van der Waals surface area contributed by atoms with Crippen LogP contribution in [-0.4, -0.2) is 16.4 Å². The van der Waals surface area contributed by atoms with Gasteiger partial charge in [0.15, 0.2) is 0 Å². The Morgan fingerprint density at radius 1 is 0.417 bits per heavy atom. The molecule has 3 rings (SSSR count). The number of para-hydroxylation sites is 2. The van der Waals surface area contributed by atoms with E-state index in [0.717, 1.165) is 48.5 Å². The van der Waals surface area contributed by atoms with Crippen LogP contribution in [0.5, 0.6) is 0 Å². The number of unbranched alkanes of at least 4 members (excludes halogenated alkanes) is 12. The maximum absolute atomic E-state index is 5.35. The molecule has 0 amide bonds. The zero-order chi connectivity index (χ0) is 34.4. The third-order valence-electron chi connectivity index (χ3n) is 9.65. The monoisotopic (exact) mass is 650 g/mol. The molecule has 0 N–H and O–H groups in total. The van der Waals surface area contributed by atoms with Crippen molar-refractivity contribution in [2.24, 2.45) is 9.98 Å². The molecule has 0 aliphatic heterocycles. The lowest BCUT2D eigenvalue weighted by Crippen LogP contribution is -2.06. The lowest BCUT2D eigenvalue weighted by atomic mass is 9.97. The molecule has 0 unspecified atom stereocenters. The van der Waals surface area contributed by atoms with E-state index in [1.807, 2.05) is 0 Å². The molecule has 0 saturated heterocycles. The van der Waals surface area contributed by atoms with E-state index in [4.69, 9.17) is 15.0 Å². The fourth-order valence-corrected chi connectivity index (χ4v) is 6.64. The highest BCUT2D eigenvalue weighted by molar-refractivity contribution is 6.02. The summed E-state index contributed by atoms with van der Waals surface area (Å²) in [5.41, 5.74) is 11.7. The van der Waals surface area contributed by atoms with Gasteiger partial charge in [0.2, 0.25) is 0 Å². The average molecular weight is 650 g/mol. The maximum Gasteiger partial charge on any atom is 0.0849 e. The quantitative estimate of drug-likeness (QED) is 0.0703. The lowest BCUT2D eigenvalue weighted by molar-refractivity contribution is 0.661. The van der Waals surface area contributed by atoms with E-state index >= 15 is 0 Å². The predicted octanol–water partition coefficient (Wildman–Crippen LogP) is 13.9. The zero-order valence-electron chi connectivity index (χ0n) is 31.7. The van der Waals surface area contributed by atoms with E-state index in [1.165, 1.54) is 136 Å². The lowest BCUT2D eigenvalue weighted by Gasteiger charge is -2.14. The van der Waals surface area contributed by atoms with Crippen LogP contribution in [0.25, 0.3) is 0 Å². The Kier molecular flexibility index (Phi) is 19.1. The molecule has 3 nitrogen and oxygen atoms in total. The molecule has 0 atom stereocenters. The normalized spacial score (nSPS) is 12.2. The second-order valence-corrected chi connectivity index (χ2v) is 13.9. The first kappa shape index (κ1) is 39.4. The van der Waals surface area contributed by atoms with Crippen molar-refractivity contribution < 1.29 is 0 Å². The summed E-state index contributed by atoms with van der Waals surface area (Å²) in [7, 11) is 0. The van der Waals surface area contributed by atoms with Gasteiger partial charge in [-0.1, -0.05) is 147 Å². The number of rotatable bonds is 24. The number of nitrogens with zero attached hydrogens (tertiary/aromatic N) is 3. The zero-order valence-corrected chi connectivity index (χ0v) is 31.7. The SMILES string of the molecule is CCCCCCc1cccc(CCCCCC)c1N=C(C)c1cccc(C(C)=Nc2c(CCCCCC)cccc2CCCCCC)n1. The summed E-state index contributed by atoms with van der Waals surface area (Å²) in [6, 6.07) is 20.0. The molecule has 0 spiro atoms. The Morgan fingerprint density at radius 3 is 1.00 bits per heavy atom. The van der Waals surface area contributed by atoms with Crippen molar-refractivity contribution in [2.45, 2.75) is 170 Å². The van der Waals surface area contributed by atoms with Gasteiger partial charge in [-0.3, -0.25) is 9.98 Å². The first-order valence-corrected chi connectivity index (χ1v) is 19.8. The highest BCUT2D eigenvalue weighted by atomic mass is 14.8. The van der Waals surface area contributed by atoms with E-state index in [-0.39, 0.29) is 0 Å². The van der Waals surface area contributed by atoms with E-state index in [1.54, 1.807) is 0 Å². The van der Waals surface area contributed by atoms with Crippen LogP contribution < -0.4 is 0 Å². The average Bonchev–Trinajstić information content (AvgIpc) is 3.10. The fraction of sp³-hybridized carbons (Fsp3) is 0.578. The Hall–Kier alpha value is -3.07. The van der Waals surface area contributed by atoms with Gasteiger partial charge in [-0.25, -0.2) is 4.98 Å². The Labute approximate surface area is 295 Å². The van der Waals surface area contributed by atoms with Gasteiger partial charge >= 0.3 is 0 Å². The molecule has 0 fully saturated rings. The molecule has 1 aromatic heterocycles. The minimum Gasteiger partial charge on any atom is -0.251 e. The van der Waals surface area contributed by atoms with Crippen molar-refractivity contribution in [3.63, 3.8) is 0 Å². The Balaban J connectivity index is 1.94. The van der Waals surface area contributed by atoms with Crippen molar-refractivity contribution in [2.75, 3.05) is 0 Å². The van der Waals surface area contributed by atoms with Gasteiger partial charge in [-0.05, 0) is 99.6 Å². The van der Waals surface area contributed by atoms with Gasteiger partial charge < -0.3 is 0 Å². The van der Waals surface area contributed by atoms with E-state index in [2.05, 4.69) is 96.1 Å². The summed E-state index contributed by atoms with van der Waals surface area (Å²) in [5, 5.41) is 0. The first-order valence-electron chi connectivity index (χ1n) is 19.8. The summed E-state index contributed by atoms with van der Waals surface area (Å²) < 4.78 is 0.